The van der Waals surface area contributed by atoms with Crippen molar-refractivity contribution in [3.05, 3.63) is 11.4 Å². The van der Waals surface area contributed by atoms with Gasteiger partial charge in [0.1, 0.15) is 4.90 Å². The van der Waals surface area contributed by atoms with Crippen LogP contribution in [0.3, 0.4) is 0 Å². The summed E-state index contributed by atoms with van der Waals surface area (Å²) in [5, 5.41) is 6.70. The first kappa shape index (κ1) is 14.5. The Hall–Kier alpha value is -0.920. The molecule has 7 heteroatoms. The largest absolute Gasteiger partial charge is 0.325 e. The summed E-state index contributed by atoms with van der Waals surface area (Å²) >= 11 is 0. The number of nitrogens with one attached hydrogen (secondary N) is 1. The first-order chi connectivity index (χ1) is 8.96. The maximum atomic E-state index is 12.7. The number of sulfonamides is 1. The van der Waals surface area contributed by atoms with Crippen LogP contribution in [0.1, 0.15) is 37.6 Å². The number of rotatable bonds is 3. The molecule has 108 valence electrons. The minimum Gasteiger partial charge on any atom is -0.325 e. The van der Waals surface area contributed by atoms with Gasteiger partial charge >= 0.3 is 0 Å². The highest BCUT2D eigenvalue weighted by molar-refractivity contribution is 7.89. The summed E-state index contributed by atoms with van der Waals surface area (Å²) in [7, 11) is -3.48. The minimum atomic E-state index is -3.48. The predicted octanol–water partition coefficient (Wildman–Crippen LogP) is 0.988. The van der Waals surface area contributed by atoms with Gasteiger partial charge in [0, 0.05) is 19.6 Å². The van der Waals surface area contributed by atoms with E-state index in [-0.39, 0.29) is 11.4 Å². The van der Waals surface area contributed by atoms with Gasteiger partial charge in [-0.1, -0.05) is 6.92 Å². The molecule has 1 aromatic heterocycles. The molecule has 1 aliphatic rings. The number of hydrogen-bond acceptors (Lipinski definition) is 4. The van der Waals surface area contributed by atoms with Crippen molar-refractivity contribution in [3.63, 3.8) is 0 Å². The number of nitrogens with zero attached hydrogens (tertiary/aromatic N) is 2. The van der Waals surface area contributed by atoms with Crippen molar-refractivity contribution in [2.45, 2.75) is 44.6 Å². The molecular weight excluding hydrogens is 264 g/mol. The summed E-state index contributed by atoms with van der Waals surface area (Å²) < 4.78 is 27.0. The molecular formula is C12H22N4O2S. The Balaban J connectivity index is 2.33. The van der Waals surface area contributed by atoms with Crippen LogP contribution in [0, 0.1) is 12.8 Å². The van der Waals surface area contributed by atoms with E-state index in [9.17, 15) is 8.42 Å². The molecule has 0 spiro atoms. The van der Waals surface area contributed by atoms with Gasteiger partial charge in [-0.2, -0.15) is 9.40 Å². The average molecular weight is 286 g/mol. The van der Waals surface area contributed by atoms with Crippen molar-refractivity contribution in [2.24, 2.45) is 11.7 Å². The summed E-state index contributed by atoms with van der Waals surface area (Å²) in [4.78, 5) is 0.268. The second-order valence-corrected chi connectivity index (χ2v) is 7.14. The third-order valence-corrected chi connectivity index (χ3v) is 5.83. The average Bonchev–Trinajstić information content (AvgIpc) is 2.60. The molecule has 0 aromatic carbocycles. The summed E-state index contributed by atoms with van der Waals surface area (Å²) in [6.45, 7) is 5.19. The van der Waals surface area contributed by atoms with Crippen LogP contribution < -0.4 is 5.73 Å². The Kier molecular flexibility index (Phi) is 4.27. The fourth-order valence-electron chi connectivity index (χ4n) is 2.56. The van der Waals surface area contributed by atoms with E-state index in [4.69, 9.17) is 5.73 Å². The van der Waals surface area contributed by atoms with Gasteiger partial charge < -0.3 is 5.73 Å². The summed E-state index contributed by atoms with van der Waals surface area (Å²) in [5.41, 5.74) is 6.57. The van der Waals surface area contributed by atoms with E-state index in [1.807, 2.05) is 0 Å². The second kappa shape index (κ2) is 5.60. The fourth-order valence-corrected chi connectivity index (χ4v) is 4.39. The number of H-pyrrole nitrogens is 1. The number of nitrogens with two attached hydrogens (primary N) is 1. The zero-order valence-corrected chi connectivity index (χ0v) is 12.3. The standard InChI is InChI=1S/C12H22N4O2S/c1-9-4-3-6-16(7-5-9)19(17,18)12-10(2)14-15-11(12)8-13/h9H,3-8,13H2,1-2H3,(H,14,15). The van der Waals surface area contributed by atoms with Gasteiger partial charge in [-0.05, 0) is 32.1 Å². The first-order valence-electron chi connectivity index (χ1n) is 6.71. The Morgan fingerprint density at radius 1 is 1.42 bits per heavy atom. The van der Waals surface area contributed by atoms with Gasteiger partial charge in [0.2, 0.25) is 10.0 Å². The normalized spacial score (nSPS) is 22.4. The zero-order chi connectivity index (χ0) is 14.0. The van der Waals surface area contributed by atoms with Crippen molar-refractivity contribution in [2.75, 3.05) is 13.1 Å². The van der Waals surface area contributed by atoms with Crippen LogP contribution in [0.15, 0.2) is 4.90 Å². The van der Waals surface area contributed by atoms with Crippen molar-refractivity contribution in [1.29, 1.82) is 0 Å². The van der Waals surface area contributed by atoms with Crippen LogP contribution in [0.5, 0.6) is 0 Å². The van der Waals surface area contributed by atoms with E-state index in [1.54, 1.807) is 11.2 Å². The first-order valence-corrected chi connectivity index (χ1v) is 8.15. The molecule has 19 heavy (non-hydrogen) atoms. The number of aromatic amines is 1. The van der Waals surface area contributed by atoms with Gasteiger partial charge in [-0.15, -0.1) is 0 Å². The lowest BCUT2D eigenvalue weighted by atomic mass is 10.0. The molecule has 0 radical (unpaired) electrons. The third-order valence-electron chi connectivity index (χ3n) is 3.73. The summed E-state index contributed by atoms with van der Waals surface area (Å²) in [6.07, 6.45) is 2.91. The van der Waals surface area contributed by atoms with E-state index in [2.05, 4.69) is 17.1 Å². The molecule has 0 bridgehead atoms. The van der Waals surface area contributed by atoms with Crippen LogP contribution >= 0.6 is 0 Å². The SMILES string of the molecule is Cc1[nH]nc(CN)c1S(=O)(=O)N1CCCC(C)CC1. The van der Waals surface area contributed by atoms with Gasteiger partial charge in [0.15, 0.2) is 0 Å². The van der Waals surface area contributed by atoms with Crippen LogP contribution in [-0.4, -0.2) is 36.0 Å². The molecule has 1 aromatic rings. The van der Waals surface area contributed by atoms with Crippen molar-refractivity contribution < 1.29 is 8.42 Å². The molecule has 1 unspecified atom stereocenters. The molecule has 3 N–H and O–H groups in total. The number of aromatic nitrogens is 2. The lowest BCUT2D eigenvalue weighted by molar-refractivity contribution is 0.416. The van der Waals surface area contributed by atoms with Gasteiger partial charge in [-0.25, -0.2) is 8.42 Å². The smallest absolute Gasteiger partial charge is 0.246 e. The highest BCUT2D eigenvalue weighted by atomic mass is 32.2. The molecule has 2 rings (SSSR count). The van der Waals surface area contributed by atoms with E-state index in [0.717, 1.165) is 19.3 Å². The second-order valence-electron chi connectivity index (χ2n) is 5.27. The van der Waals surface area contributed by atoms with E-state index >= 15 is 0 Å². The fraction of sp³-hybridized carbons (Fsp3) is 0.750. The lowest BCUT2D eigenvalue weighted by Crippen LogP contribution is -2.33. The maximum Gasteiger partial charge on any atom is 0.246 e. The molecule has 1 atom stereocenters. The van der Waals surface area contributed by atoms with E-state index < -0.39 is 10.0 Å². The predicted molar refractivity (Wildman–Crippen MR) is 73.0 cm³/mol. The topological polar surface area (TPSA) is 92.1 Å². The molecule has 0 amide bonds. The molecule has 0 saturated carbocycles. The van der Waals surface area contributed by atoms with Crippen molar-refractivity contribution in [3.8, 4) is 0 Å². The van der Waals surface area contributed by atoms with Crippen LogP contribution in [0.4, 0.5) is 0 Å². The molecule has 6 nitrogen and oxygen atoms in total. The molecule has 0 aliphatic carbocycles. The minimum absolute atomic E-state index is 0.128. The summed E-state index contributed by atoms with van der Waals surface area (Å²) in [5.74, 6) is 0.583. The quantitative estimate of drug-likeness (QED) is 0.866. The Labute approximate surface area is 114 Å². The highest BCUT2D eigenvalue weighted by Gasteiger charge is 2.31. The van der Waals surface area contributed by atoms with Crippen LogP contribution in [-0.2, 0) is 16.6 Å². The monoisotopic (exact) mass is 286 g/mol. The van der Waals surface area contributed by atoms with Gasteiger partial charge in [0.05, 0.1) is 11.4 Å². The van der Waals surface area contributed by atoms with Crippen molar-refractivity contribution in [1.82, 2.24) is 14.5 Å². The molecule has 1 fully saturated rings. The van der Waals surface area contributed by atoms with E-state index in [0.29, 0.717) is 30.4 Å². The Morgan fingerprint density at radius 3 is 2.84 bits per heavy atom. The molecule has 2 heterocycles. The maximum absolute atomic E-state index is 12.7. The Morgan fingerprint density at radius 2 is 2.16 bits per heavy atom. The third kappa shape index (κ3) is 2.82. The summed E-state index contributed by atoms with van der Waals surface area (Å²) in [6, 6.07) is 0. The molecule has 1 aliphatic heterocycles. The Bertz CT molecular complexity index is 538. The van der Waals surface area contributed by atoms with Crippen LogP contribution in [0.25, 0.3) is 0 Å². The lowest BCUT2D eigenvalue weighted by Gasteiger charge is -2.20. The van der Waals surface area contributed by atoms with Crippen LogP contribution in [0.2, 0.25) is 0 Å². The highest BCUT2D eigenvalue weighted by Crippen LogP contribution is 2.26. The number of aryl methyl sites for hydroxylation is 1. The van der Waals surface area contributed by atoms with Crippen molar-refractivity contribution >= 4 is 10.0 Å². The van der Waals surface area contributed by atoms with Gasteiger partial charge in [-0.3, -0.25) is 5.10 Å². The van der Waals surface area contributed by atoms with E-state index in [1.165, 1.54) is 0 Å². The number of hydrogen-bond donors (Lipinski definition) is 2. The molecule has 1 saturated heterocycles. The zero-order valence-electron chi connectivity index (χ0n) is 11.5. The van der Waals surface area contributed by atoms with Gasteiger partial charge in [0.25, 0.3) is 0 Å².